The summed E-state index contributed by atoms with van der Waals surface area (Å²) in [6.45, 7) is 5.61. The van der Waals surface area contributed by atoms with E-state index < -0.39 is 5.97 Å². The number of H-pyrrole nitrogens is 1. The number of carbonyl (C=O) groups is 2. The van der Waals surface area contributed by atoms with Crippen LogP contribution in [-0.4, -0.2) is 37.1 Å². The van der Waals surface area contributed by atoms with Crippen molar-refractivity contribution in [1.29, 1.82) is 0 Å². The molecule has 3 rings (SSSR count). The van der Waals surface area contributed by atoms with Crippen molar-refractivity contribution < 1.29 is 23.8 Å². The third-order valence-corrected chi connectivity index (χ3v) is 5.45. The summed E-state index contributed by atoms with van der Waals surface area (Å²) in [7, 11) is 3.22. The molecule has 0 fully saturated rings. The molecule has 6 heteroatoms. The smallest absolute Gasteiger partial charge is 0.355 e. The zero-order chi connectivity index (χ0) is 20.4. The first-order valence-corrected chi connectivity index (χ1v) is 9.57. The van der Waals surface area contributed by atoms with Crippen LogP contribution in [0, 0.1) is 6.92 Å². The highest BCUT2D eigenvalue weighted by Gasteiger charge is 2.33. The second-order valence-electron chi connectivity index (χ2n) is 7.24. The molecule has 0 aliphatic heterocycles. The number of ketones is 1. The molecule has 150 valence electrons. The van der Waals surface area contributed by atoms with E-state index in [-0.39, 0.29) is 17.8 Å². The topological polar surface area (TPSA) is 77.6 Å². The summed E-state index contributed by atoms with van der Waals surface area (Å²) in [5.74, 6) is 0.995. The van der Waals surface area contributed by atoms with Crippen molar-refractivity contribution >= 4 is 11.8 Å². The Morgan fingerprint density at radius 2 is 2.00 bits per heavy atom. The Balaban J connectivity index is 1.95. The number of hydrogen-bond acceptors (Lipinski definition) is 5. The Labute approximate surface area is 165 Å². The van der Waals surface area contributed by atoms with Crippen LogP contribution in [-0.2, 0) is 11.2 Å². The number of nitrogens with one attached hydrogen (secondary N) is 1. The first-order chi connectivity index (χ1) is 13.4. The first-order valence-electron chi connectivity index (χ1n) is 9.57. The summed E-state index contributed by atoms with van der Waals surface area (Å²) in [6, 6.07) is 5.60. The second kappa shape index (κ2) is 8.09. The van der Waals surface area contributed by atoms with Crippen molar-refractivity contribution in [2.45, 2.75) is 52.1 Å². The monoisotopic (exact) mass is 385 g/mol. The van der Waals surface area contributed by atoms with Crippen LogP contribution in [0.1, 0.15) is 70.3 Å². The Kier molecular flexibility index (Phi) is 5.77. The lowest BCUT2D eigenvalue weighted by Crippen LogP contribution is -2.19. The molecular formula is C22H27NO5. The normalized spacial score (nSPS) is 17.0. The number of benzene rings is 1. The lowest BCUT2D eigenvalue weighted by Gasteiger charge is -2.24. The van der Waals surface area contributed by atoms with Gasteiger partial charge in [0.05, 0.1) is 20.3 Å². The summed E-state index contributed by atoms with van der Waals surface area (Å²) in [5, 5.41) is 0. The number of aromatic amines is 1. The van der Waals surface area contributed by atoms with Gasteiger partial charge in [0.1, 0.15) is 17.2 Å². The van der Waals surface area contributed by atoms with E-state index in [9.17, 15) is 9.59 Å². The summed E-state index contributed by atoms with van der Waals surface area (Å²) < 4.78 is 16.3. The van der Waals surface area contributed by atoms with Crippen LogP contribution < -0.4 is 9.47 Å². The molecule has 0 unspecified atom stereocenters. The van der Waals surface area contributed by atoms with E-state index >= 15 is 0 Å². The van der Waals surface area contributed by atoms with Gasteiger partial charge in [0.25, 0.3) is 0 Å². The minimum atomic E-state index is -0.412. The maximum atomic E-state index is 12.9. The number of hydrogen-bond donors (Lipinski definition) is 1. The van der Waals surface area contributed by atoms with Gasteiger partial charge in [-0.15, -0.1) is 0 Å². The molecule has 1 aromatic heterocycles. The van der Waals surface area contributed by atoms with Crippen molar-refractivity contribution in [3.05, 3.63) is 46.3 Å². The number of fused-ring (bicyclic) bond motifs is 1. The Hall–Kier alpha value is -2.76. The molecule has 2 aromatic rings. The molecule has 0 amide bonds. The van der Waals surface area contributed by atoms with Crippen LogP contribution in [0.25, 0.3) is 0 Å². The molecule has 0 saturated carbocycles. The molecule has 1 aliphatic rings. The summed E-state index contributed by atoms with van der Waals surface area (Å²) in [4.78, 5) is 28.6. The Morgan fingerprint density at radius 3 is 2.64 bits per heavy atom. The molecule has 2 atom stereocenters. The predicted octanol–water partition coefficient (Wildman–Crippen LogP) is 4.21. The van der Waals surface area contributed by atoms with Gasteiger partial charge < -0.3 is 19.2 Å². The number of ether oxygens (including phenoxy) is 3. The fraction of sp³-hybridized carbons (Fsp3) is 0.455. The van der Waals surface area contributed by atoms with Crippen molar-refractivity contribution in [3.8, 4) is 11.5 Å². The molecule has 6 nitrogen and oxygen atoms in total. The maximum Gasteiger partial charge on any atom is 0.355 e. The maximum absolute atomic E-state index is 12.9. The van der Waals surface area contributed by atoms with Gasteiger partial charge in [-0.2, -0.15) is 0 Å². The second-order valence-corrected chi connectivity index (χ2v) is 7.24. The number of carbonyl (C=O) groups excluding carboxylic acids is 2. The largest absolute Gasteiger partial charge is 0.497 e. The Morgan fingerprint density at radius 1 is 1.25 bits per heavy atom. The molecule has 0 saturated heterocycles. The van der Waals surface area contributed by atoms with Crippen LogP contribution in [0.15, 0.2) is 18.2 Å². The van der Waals surface area contributed by atoms with Crippen LogP contribution >= 0.6 is 0 Å². The summed E-state index contributed by atoms with van der Waals surface area (Å²) >= 11 is 0. The molecule has 1 heterocycles. The van der Waals surface area contributed by atoms with Crippen molar-refractivity contribution in [1.82, 2.24) is 4.98 Å². The fourth-order valence-corrected chi connectivity index (χ4v) is 3.74. The van der Waals surface area contributed by atoms with Gasteiger partial charge in [0.15, 0.2) is 5.78 Å². The van der Waals surface area contributed by atoms with E-state index in [0.717, 1.165) is 29.2 Å². The van der Waals surface area contributed by atoms with E-state index in [1.165, 1.54) is 0 Å². The minimum absolute atomic E-state index is 0.0208. The quantitative estimate of drug-likeness (QED) is 0.754. The van der Waals surface area contributed by atoms with Gasteiger partial charge >= 0.3 is 5.97 Å². The average Bonchev–Trinajstić information content (AvgIpc) is 3.04. The molecule has 1 aliphatic carbocycles. The summed E-state index contributed by atoms with van der Waals surface area (Å²) in [6.07, 6.45) is 1.54. The molecule has 28 heavy (non-hydrogen) atoms. The van der Waals surface area contributed by atoms with E-state index in [1.54, 1.807) is 21.1 Å². The van der Waals surface area contributed by atoms with Gasteiger partial charge in [-0.1, -0.05) is 6.92 Å². The zero-order valence-corrected chi connectivity index (χ0v) is 17.0. The molecule has 0 bridgehead atoms. The number of aromatic nitrogens is 1. The van der Waals surface area contributed by atoms with Crippen LogP contribution in [0.5, 0.6) is 11.5 Å². The molecule has 1 N–H and O–H groups in total. The fourth-order valence-electron chi connectivity index (χ4n) is 3.74. The SMILES string of the molecule is CC[C@@H](C)OC(=O)c1[nH]c2c(c1C)C(=O)C[C@H](c1cc(OC)ccc1OC)C2. The van der Waals surface area contributed by atoms with Gasteiger partial charge in [-0.25, -0.2) is 4.79 Å². The predicted molar refractivity (Wildman–Crippen MR) is 106 cm³/mol. The van der Waals surface area contributed by atoms with Crippen LogP contribution in [0.3, 0.4) is 0 Å². The van der Waals surface area contributed by atoms with E-state index in [2.05, 4.69) is 4.98 Å². The zero-order valence-electron chi connectivity index (χ0n) is 17.0. The first kappa shape index (κ1) is 20.0. The standard InChI is InChI=1S/C22H27NO5/c1-6-12(2)28-22(25)21-13(3)20-17(23-21)9-14(10-18(20)24)16-11-15(26-4)7-8-19(16)27-5/h7-8,11-12,14,23H,6,9-10H2,1-5H3/t12-,14-/m1/s1. The minimum Gasteiger partial charge on any atom is -0.497 e. The van der Waals surface area contributed by atoms with Crippen LogP contribution in [0.2, 0.25) is 0 Å². The van der Waals surface area contributed by atoms with Crippen molar-refractivity contribution in [3.63, 3.8) is 0 Å². The summed E-state index contributed by atoms with van der Waals surface area (Å²) in [5.41, 5.74) is 3.37. The number of Topliss-reactive ketones (excluding diaryl/α,β-unsaturated/α-hetero) is 1. The highest BCUT2D eigenvalue weighted by atomic mass is 16.5. The number of esters is 1. The molecule has 1 aromatic carbocycles. The van der Waals surface area contributed by atoms with Gasteiger partial charge in [-0.05, 0) is 50.5 Å². The molecular weight excluding hydrogens is 358 g/mol. The number of rotatable bonds is 6. The lowest BCUT2D eigenvalue weighted by atomic mass is 9.81. The number of methoxy groups -OCH3 is 2. The van der Waals surface area contributed by atoms with Gasteiger partial charge in [-0.3, -0.25) is 4.79 Å². The highest BCUT2D eigenvalue weighted by molar-refractivity contribution is 6.03. The van der Waals surface area contributed by atoms with Gasteiger partial charge in [0, 0.05) is 29.2 Å². The van der Waals surface area contributed by atoms with E-state index in [4.69, 9.17) is 14.2 Å². The average molecular weight is 385 g/mol. The molecule has 0 spiro atoms. The van der Waals surface area contributed by atoms with Crippen molar-refractivity contribution in [2.24, 2.45) is 0 Å². The van der Waals surface area contributed by atoms with E-state index in [1.807, 2.05) is 32.0 Å². The molecule has 0 radical (unpaired) electrons. The van der Waals surface area contributed by atoms with Crippen LogP contribution in [0.4, 0.5) is 0 Å². The lowest BCUT2D eigenvalue weighted by molar-refractivity contribution is 0.0327. The third-order valence-electron chi connectivity index (χ3n) is 5.45. The van der Waals surface area contributed by atoms with Gasteiger partial charge in [0.2, 0.25) is 0 Å². The van der Waals surface area contributed by atoms with Crippen molar-refractivity contribution in [2.75, 3.05) is 14.2 Å². The van der Waals surface area contributed by atoms with E-state index in [0.29, 0.717) is 29.7 Å². The highest BCUT2D eigenvalue weighted by Crippen LogP contribution is 2.40. The Bertz CT molecular complexity index is 899. The third kappa shape index (κ3) is 3.63.